The molecule has 1 N–H and O–H groups in total. The van der Waals surface area contributed by atoms with Crippen molar-refractivity contribution in [2.75, 3.05) is 5.32 Å². The molecule has 0 saturated heterocycles. The van der Waals surface area contributed by atoms with Crippen LogP contribution in [0.1, 0.15) is 39.0 Å². The molecule has 4 nitrogen and oxygen atoms in total. The van der Waals surface area contributed by atoms with E-state index in [0.717, 1.165) is 17.5 Å². The van der Waals surface area contributed by atoms with E-state index in [1.54, 1.807) is 0 Å². The summed E-state index contributed by atoms with van der Waals surface area (Å²) in [7, 11) is 0. The summed E-state index contributed by atoms with van der Waals surface area (Å²) >= 11 is 0. The molecule has 1 atom stereocenters. The summed E-state index contributed by atoms with van der Waals surface area (Å²) in [5, 5.41) is 7.90. The zero-order valence-electron chi connectivity index (χ0n) is 10.8. The minimum Gasteiger partial charge on any atom is -0.350 e. The van der Waals surface area contributed by atoms with Crippen LogP contribution in [0.2, 0.25) is 0 Å². The minimum absolute atomic E-state index is 0.461. The molecule has 0 radical (unpaired) electrons. The van der Waals surface area contributed by atoms with Gasteiger partial charge in [-0.1, -0.05) is 25.3 Å². The summed E-state index contributed by atoms with van der Waals surface area (Å²) in [6.45, 7) is 2.25. The molecule has 0 amide bonds. The molecule has 18 heavy (non-hydrogen) atoms. The Labute approximate surface area is 107 Å². The molecule has 0 aliphatic heterocycles. The van der Waals surface area contributed by atoms with Gasteiger partial charge in [0, 0.05) is 12.2 Å². The van der Waals surface area contributed by atoms with Gasteiger partial charge in [0.25, 0.3) is 0 Å². The Kier molecular flexibility index (Phi) is 3.17. The van der Waals surface area contributed by atoms with Crippen LogP contribution in [0.3, 0.4) is 0 Å². The summed E-state index contributed by atoms with van der Waals surface area (Å²) in [5.74, 6) is 1.52. The molecule has 1 saturated carbocycles. The molecule has 0 aromatic carbocycles. The van der Waals surface area contributed by atoms with Crippen molar-refractivity contribution in [1.82, 2.24) is 14.6 Å². The standard InChI is InChI=1S/C14H20N4/c1-11(12-7-3-2-4-8-12)15-14-16-13-9-5-6-10-18(13)17-14/h5-6,9-12H,2-4,7-8H2,1H3,(H,15,17). The second-order valence-electron chi connectivity index (χ2n) is 5.27. The SMILES string of the molecule is CC(Nc1nc2ccccn2n1)C1CCCCC1. The molecule has 4 heteroatoms. The van der Waals surface area contributed by atoms with Gasteiger partial charge >= 0.3 is 0 Å². The average Bonchev–Trinajstić information content (AvgIpc) is 2.82. The van der Waals surface area contributed by atoms with Crippen LogP contribution in [-0.4, -0.2) is 20.6 Å². The summed E-state index contributed by atoms with van der Waals surface area (Å²) in [6.07, 6.45) is 8.74. The van der Waals surface area contributed by atoms with Gasteiger partial charge in [-0.15, -0.1) is 5.10 Å². The molecule has 1 unspecified atom stereocenters. The van der Waals surface area contributed by atoms with Crippen LogP contribution in [0.5, 0.6) is 0 Å². The third-order valence-corrected chi connectivity index (χ3v) is 3.96. The minimum atomic E-state index is 0.461. The number of anilines is 1. The lowest BCUT2D eigenvalue weighted by molar-refractivity contribution is 0.327. The van der Waals surface area contributed by atoms with Crippen LogP contribution in [0.25, 0.3) is 5.65 Å². The molecule has 2 aromatic rings. The Bertz CT molecular complexity index is 480. The third kappa shape index (κ3) is 2.33. The zero-order chi connectivity index (χ0) is 12.4. The van der Waals surface area contributed by atoms with Crippen LogP contribution in [0.15, 0.2) is 24.4 Å². The van der Waals surface area contributed by atoms with Gasteiger partial charge < -0.3 is 5.32 Å². The Morgan fingerprint density at radius 2 is 2.11 bits per heavy atom. The Morgan fingerprint density at radius 3 is 2.89 bits per heavy atom. The molecule has 2 heterocycles. The van der Waals surface area contributed by atoms with E-state index < -0.39 is 0 Å². The predicted octanol–water partition coefficient (Wildman–Crippen LogP) is 3.11. The molecule has 1 aliphatic carbocycles. The highest BCUT2D eigenvalue weighted by atomic mass is 15.3. The molecular formula is C14H20N4. The fourth-order valence-corrected chi connectivity index (χ4v) is 2.85. The highest BCUT2D eigenvalue weighted by Crippen LogP contribution is 2.27. The van der Waals surface area contributed by atoms with Crippen molar-refractivity contribution >= 4 is 11.6 Å². The van der Waals surface area contributed by atoms with Gasteiger partial charge in [0.1, 0.15) is 0 Å². The van der Waals surface area contributed by atoms with Crippen LogP contribution < -0.4 is 5.32 Å². The van der Waals surface area contributed by atoms with Gasteiger partial charge in [-0.3, -0.25) is 0 Å². The first-order valence-corrected chi connectivity index (χ1v) is 6.91. The first kappa shape index (κ1) is 11.5. The lowest BCUT2D eigenvalue weighted by atomic mass is 9.85. The monoisotopic (exact) mass is 244 g/mol. The molecule has 2 aromatic heterocycles. The van der Waals surface area contributed by atoms with Gasteiger partial charge in [0.2, 0.25) is 5.95 Å². The maximum atomic E-state index is 4.49. The number of rotatable bonds is 3. The van der Waals surface area contributed by atoms with Crippen molar-refractivity contribution in [3.8, 4) is 0 Å². The Morgan fingerprint density at radius 1 is 1.28 bits per heavy atom. The van der Waals surface area contributed by atoms with Gasteiger partial charge in [0.05, 0.1) is 0 Å². The van der Waals surface area contributed by atoms with Crippen LogP contribution in [-0.2, 0) is 0 Å². The van der Waals surface area contributed by atoms with Gasteiger partial charge in [-0.2, -0.15) is 4.98 Å². The van der Waals surface area contributed by atoms with Crippen molar-refractivity contribution in [1.29, 1.82) is 0 Å². The molecular weight excluding hydrogens is 224 g/mol. The average molecular weight is 244 g/mol. The van der Waals surface area contributed by atoms with Gasteiger partial charge in [-0.25, -0.2) is 4.52 Å². The lowest BCUT2D eigenvalue weighted by Gasteiger charge is -2.27. The fraction of sp³-hybridized carbons (Fsp3) is 0.571. The maximum absolute atomic E-state index is 4.49. The topological polar surface area (TPSA) is 42.2 Å². The highest BCUT2D eigenvalue weighted by Gasteiger charge is 2.20. The number of fused-ring (bicyclic) bond motifs is 1. The number of hydrogen-bond acceptors (Lipinski definition) is 3. The van der Waals surface area contributed by atoms with E-state index in [9.17, 15) is 0 Å². The Hall–Kier alpha value is -1.58. The largest absolute Gasteiger partial charge is 0.350 e. The molecule has 0 spiro atoms. The quantitative estimate of drug-likeness (QED) is 0.902. The van der Waals surface area contributed by atoms with Crippen LogP contribution in [0, 0.1) is 5.92 Å². The van der Waals surface area contributed by atoms with Crippen molar-refractivity contribution in [3.05, 3.63) is 24.4 Å². The number of pyridine rings is 1. The van der Waals surface area contributed by atoms with Crippen molar-refractivity contribution in [2.24, 2.45) is 5.92 Å². The fourth-order valence-electron chi connectivity index (χ4n) is 2.85. The number of hydrogen-bond donors (Lipinski definition) is 1. The maximum Gasteiger partial charge on any atom is 0.243 e. The second-order valence-corrected chi connectivity index (χ2v) is 5.27. The molecule has 96 valence electrons. The van der Waals surface area contributed by atoms with Crippen LogP contribution >= 0.6 is 0 Å². The Balaban J connectivity index is 1.71. The van der Waals surface area contributed by atoms with Crippen LogP contribution in [0.4, 0.5) is 5.95 Å². The molecule has 0 bridgehead atoms. The summed E-state index contributed by atoms with van der Waals surface area (Å²) in [5.41, 5.74) is 0.899. The summed E-state index contributed by atoms with van der Waals surface area (Å²) < 4.78 is 1.82. The molecule has 3 rings (SSSR count). The summed E-state index contributed by atoms with van der Waals surface area (Å²) in [4.78, 5) is 4.49. The molecule has 1 aliphatic rings. The lowest BCUT2D eigenvalue weighted by Crippen LogP contribution is -2.28. The van der Waals surface area contributed by atoms with E-state index in [-0.39, 0.29) is 0 Å². The van der Waals surface area contributed by atoms with E-state index in [4.69, 9.17) is 0 Å². The number of nitrogens with zero attached hydrogens (tertiary/aromatic N) is 3. The second kappa shape index (κ2) is 4.96. The van der Waals surface area contributed by atoms with E-state index >= 15 is 0 Å². The van der Waals surface area contributed by atoms with Gasteiger partial charge in [-0.05, 0) is 37.8 Å². The van der Waals surface area contributed by atoms with E-state index in [1.807, 2.05) is 28.9 Å². The van der Waals surface area contributed by atoms with E-state index in [1.165, 1.54) is 32.1 Å². The predicted molar refractivity (Wildman–Crippen MR) is 72.6 cm³/mol. The number of nitrogens with one attached hydrogen (secondary N) is 1. The normalized spacial score (nSPS) is 18.9. The van der Waals surface area contributed by atoms with Crippen molar-refractivity contribution in [2.45, 2.75) is 45.1 Å². The smallest absolute Gasteiger partial charge is 0.243 e. The zero-order valence-corrected chi connectivity index (χ0v) is 10.8. The van der Waals surface area contributed by atoms with E-state index in [0.29, 0.717) is 6.04 Å². The first-order valence-electron chi connectivity index (χ1n) is 6.91. The van der Waals surface area contributed by atoms with Gasteiger partial charge in [0.15, 0.2) is 5.65 Å². The van der Waals surface area contributed by atoms with Crippen molar-refractivity contribution in [3.63, 3.8) is 0 Å². The first-order chi connectivity index (χ1) is 8.83. The number of aromatic nitrogens is 3. The third-order valence-electron chi connectivity index (χ3n) is 3.96. The highest BCUT2D eigenvalue weighted by molar-refractivity contribution is 5.43. The van der Waals surface area contributed by atoms with Crippen molar-refractivity contribution < 1.29 is 0 Å². The summed E-state index contributed by atoms with van der Waals surface area (Å²) in [6, 6.07) is 6.39. The van der Waals surface area contributed by atoms with E-state index in [2.05, 4.69) is 22.3 Å². The molecule has 1 fully saturated rings.